The van der Waals surface area contributed by atoms with Gasteiger partial charge in [-0.1, -0.05) is 27.5 Å². The summed E-state index contributed by atoms with van der Waals surface area (Å²) in [6.07, 6.45) is 0. The molecule has 5 heteroatoms. The van der Waals surface area contributed by atoms with E-state index in [0.29, 0.717) is 0 Å². The highest BCUT2D eigenvalue weighted by Crippen LogP contribution is 2.30. The lowest BCUT2D eigenvalue weighted by Crippen LogP contribution is -1.93. The summed E-state index contributed by atoms with van der Waals surface area (Å²) in [5.74, 6) is -1.61. The van der Waals surface area contributed by atoms with Gasteiger partial charge in [-0.2, -0.15) is 5.26 Å². The molecular formula is C10H5BrClF2N. The average molecular weight is 293 g/mol. The van der Waals surface area contributed by atoms with Gasteiger partial charge in [0, 0.05) is 10.0 Å². The lowest BCUT2D eigenvalue weighted by Gasteiger charge is -2.05. The molecule has 0 aliphatic rings. The summed E-state index contributed by atoms with van der Waals surface area (Å²) in [5.41, 5.74) is -0.310. The number of halogens is 4. The van der Waals surface area contributed by atoms with Crippen LogP contribution >= 0.6 is 27.5 Å². The van der Waals surface area contributed by atoms with E-state index in [-0.39, 0.29) is 20.6 Å². The summed E-state index contributed by atoms with van der Waals surface area (Å²) in [5, 5.41) is 8.35. The van der Waals surface area contributed by atoms with Gasteiger partial charge in [-0.05, 0) is 19.1 Å². The van der Waals surface area contributed by atoms with E-state index in [1.807, 2.05) is 0 Å². The van der Waals surface area contributed by atoms with E-state index in [2.05, 4.69) is 15.9 Å². The van der Waals surface area contributed by atoms with E-state index in [0.717, 1.165) is 12.1 Å². The Kier molecular flexibility index (Phi) is 3.83. The highest BCUT2D eigenvalue weighted by Gasteiger charge is 2.15. The van der Waals surface area contributed by atoms with Crippen molar-refractivity contribution in [3.05, 3.63) is 39.4 Å². The number of nitriles is 1. The molecule has 1 aromatic rings. The summed E-state index contributed by atoms with van der Waals surface area (Å²) in [4.78, 5) is 0. The SMILES string of the molecule is CC(C#N)=C(Cl)c1c(F)cc(Br)cc1F. The molecule has 0 saturated carbocycles. The molecule has 0 N–H and O–H groups in total. The van der Waals surface area contributed by atoms with Crippen LogP contribution in [0.2, 0.25) is 0 Å². The van der Waals surface area contributed by atoms with Crippen LogP contribution in [0.25, 0.3) is 5.03 Å². The van der Waals surface area contributed by atoms with Gasteiger partial charge in [0.05, 0.1) is 16.7 Å². The Balaban J connectivity index is 3.47. The Hall–Kier alpha value is -0.920. The monoisotopic (exact) mass is 291 g/mol. The third-order valence-corrected chi connectivity index (χ3v) is 2.65. The topological polar surface area (TPSA) is 23.8 Å². The smallest absolute Gasteiger partial charge is 0.136 e. The van der Waals surface area contributed by atoms with Crippen molar-refractivity contribution in [3.8, 4) is 6.07 Å². The maximum absolute atomic E-state index is 13.4. The predicted molar refractivity (Wildman–Crippen MR) is 58.1 cm³/mol. The van der Waals surface area contributed by atoms with Crippen molar-refractivity contribution in [2.45, 2.75) is 6.92 Å². The molecule has 0 spiro atoms. The Morgan fingerprint density at radius 3 is 2.27 bits per heavy atom. The van der Waals surface area contributed by atoms with Gasteiger partial charge in [0.2, 0.25) is 0 Å². The van der Waals surface area contributed by atoms with Crippen LogP contribution in [-0.4, -0.2) is 0 Å². The third-order valence-electron chi connectivity index (χ3n) is 1.72. The first-order valence-electron chi connectivity index (χ1n) is 3.88. The van der Waals surface area contributed by atoms with Crippen LogP contribution < -0.4 is 0 Å². The fourth-order valence-electron chi connectivity index (χ4n) is 0.988. The van der Waals surface area contributed by atoms with Gasteiger partial charge in [0.15, 0.2) is 0 Å². The van der Waals surface area contributed by atoms with Crippen LogP contribution in [0.5, 0.6) is 0 Å². The van der Waals surface area contributed by atoms with Crippen LogP contribution in [-0.2, 0) is 0 Å². The first-order chi connectivity index (χ1) is 6.97. The number of hydrogen-bond donors (Lipinski definition) is 0. The molecule has 0 atom stereocenters. The van der Waals surface area contributed by atoms with Crippen molar-refractivity contribution in [3.63, 3.8) is 0 Å². The molecule has 0 aromatic heterocycles. The van der Waals surface area contributed by atoms with Crippen molar-refractivity contribution in [1.29, 1.82) is 5.26 Å². The minimum absolute atomic E-state index is 0.0665. The Morgan fingerprint density at radius 2 is 1.87 bits per heavy atom. The van der Waals surface area contributed by atoms with Crippen LogP contribution in [0.4, 0.5) is 8.78 Å². The second-order valence-corrected chi connectivity index (χ2v) is 4.09. The van der Waals surface area contributed by atoms with Gasteiger partial charge in [-0.25, -0.2) is 8.78 Å². The van der Waals surface area contributed by atoms with E-state index in [4.69, 9.17) is 16.9 Å². The van der Waals surface area contributed by atoms with E-state index in [9.17, 15) is 8.78 Å². The minimum atomic E-state index is -0.804. The summed E-state index contributed by atoms with van der Waals surface area (Å²) in [6.45, 7) is 1.39. The molecule has 0 fully saturated rings. The van der Waals surface area contributed by atoms with Crippen molar-refractivity contribution < 1.29 is 8.78 Å². The Labute approximate surface area is 99.1 Å². The zero-order valence-electron chi connectivity index (χ0n) is 7.61. The number of allylic oxidation sites excluding steroid dienone is 1. The molecule has 0 saturated heterocycles. The lowest BCUT2D eigenvalue weighted by atomic mass is 10.1. The number of benzene rings is 1. The quantitative estimate of drug-likeness (QED) is 0.711. The molecule has 78 valence electrons. The molecule has 0 heterocycles. The Morgan fingerprint density at radius 1 is 1.40 bits per heavy atom. The van der Waals surface area contributed by atoms with E-state index in [1.54, 1.807) is 6.07 Å². The number of nitrogens with zero attached hydrogens (tertiary/aromatic N) is 1. The predicted octanol–water partition coefficient (Wildman–Crippen LogP) is 4.22. The van der Waals surface area contributed by atoms with Crippen molar-refractivity contribution in [2.24, 2.45) is 0 Å². The van der Waals surface area contributed by atoms with Crippen LogP contribution in [0, 0.1) is 23.0 Å². The van der Waals surface area contributed by atoms with Gasteiger partial charge in [-0.3, -0.25) is 0 Å². The molecule has 0 aliphatic carbocycles. The minimum Gasteiger partial charge on any atom is -0.206 e. The maximum Gasteiger partial charge on any atom is 0.136 e. The lowest BCUT2D eigenvalue weighted by molar-refractivity contribution is 0.576. The first kappa shape index (κ1) is 12.2. The van der Waals surface area contributed by atoms with Gasteiger partial charge in [-0.15, -0.1) is 0 Å². The van der Waals surface area contributed by atoms with Gasteiger partial charge < -0.3 is 0 Å². The van der Waals surface area contributed by atoms with Gasteiger partial charge in [0.1, 0.15) is 11.6 Å². The number of hydrogen-bond acceptors (Lipinski definition) is 1. The van der Waals surface area contributed by atoms with Crippen molar-refractivity contribution >= 4 is 32.6 Å². The molecule has 0 radical (unpaired) electrons. The fraction of sp³-hybridized carbons (Fsp3) is 0.100. The molecule has 0 bridgehead atoms. The molecule has 1 aromatic carbocycles. The maximum atomic E-state index is 13.4. The largest absolute Gasteiger partial charge is 0.206 e. The highest BCUT2D eigenvalue weighted by molar-refractivity contribution is 9.10. The first-order valence-corrected chi connectivity index (χ1v) is 5.06. The summed E-state index contributed by atoms with van der Waals surface area (Å²) in [6, 6.07) is 3.91. The number of rotatable bonds is 1. The fourth-order valence-corrected chi connectivity index (χ4v) is 1.61. The Bertz CT molecular complexity index is 454. The molecule has 0 unspecified atom stereocenters. The standard InChI is InChI=1S/C10H5BrClF2N/c1-5(4-15)10(12)9-7(13)2-6(11)3-8(9)14/h2-3H,1H3. The zero-order valence-corrected chi connectivity index (χ0v) is 9.96. The van der Waals surface area contributed by atoms with E-state index in [1.165, 1.54) is 6.92 Å². The molecule has 15 heavy (non-hydrogen) atoms. The van der Waals surface area contributed by atoms with E-state index >= 15 is 0 Å². The van der Waals surface area contributed by atoms with Crippen molar-refractivity contribution in [2.75, 3.05) is 0 Å². The molecule has 0 amide bonds. The third kappa shape index (κ3) is 2.55. The molecule has 0 aliphatic heterocycles. The molecular weight excluding hydrogens is 287 g/mol. The molecule has 1 nitrogen and oxygen atoms in total. The average Bonchev–Trinajstić information content (AvgIpc) is 2.14. The second-order valence-electron chi connectivity index (χ2n) is 2.80. The summed E-state index contributed by atoms with van der Waals surface area (Å²) < 4.78 is 27.0. The zero-order chi connectivity index (χ0) is 11.6. The second kappa shape index (κ2) is 4.73. The van der Waals surface area contributed by atoms with Crippen LogP contribution in [0.3, 0.4) is 0 Å². The van der Waals surface area contributed by atoms with Gasteiger partial charge >= 0.3 is 0 Å². The van der Waals surface area contributed by atoms with E-state index < -0.39 is 11.6 Å². The normalized spacial score (nSPS) is 12.0. The molecule has 1 rings (SSSR count). The van der Waals surface area contributed by atoms with Gasteiger partial charge in [0.25, 0.3) is 0 Å². The highest BCUT2D eigenvalue weighted by atomic mass is 79.9. The van der Waals surface area contributed by atoms with Crippen LogP contribution in [0.1, 0.15) is 12.5 Å². The van der Waals surface area contributed by atoms with Crippen molar-refractivity contribution in [1.82, 2.24) is 0 Å². The summed E-state index contributed by atoms with van der Waals surface area (Å²) >= 11 is 8.63. The van der Waals surface area contributed by atoms with Crippen LogP contribution in [0.15, 0.2) is 22.2 Å². The summed E-state index contributed by atoms with van der Waals surface area (Å²) in [7, 11) is 0.